The van der Waals surface area contributed by atoms with Crippen LogP contribution in [0.3, 0.4) is 0 Å². The van der Waals surface area contributed by atoms with Crippen LogP contribution in [0.2, 0.25) is 0 Å². The zero-order chi connectivity index (χ0) is 25.4. The number of aliphatic hydroxyl groups excluding tert-OH is 1. The van der Waals surface area contributed by atoms with Crippen molar-refractivity contribution in [1.29, 1.82) is 0 Å². The average molecular weight is 478 g/mol. The normalized spacial score (nSPS) is 12.4. The number of benzene rings is 4. The Labute approximate surface area is 213 Å². The van der Waals surface area contributed by atoms with Crippen molar-refractivity contribution in [2.24, 2.45) is 0 Å². The summed E-state index contributed by atoms with van der Waals surface area (Å²) in [5.41, 5.74) is 4.44. The van der Waals surface area contributed by atoms with Crippen molar-refractivity contribution < 1.29 is 14.6 Å². The summed E-state index contributed by atoms with van der Waals surface area (Å²) >= 11 is 0. The molecule has 1 atom stereocenters. The van der Waals surface area contributed by atoms with Crippen molar-refractivity contribution in [3.63, 3.8) is 0 Å². The topological polar surface area (TPSA) is 49.8 Å². The molecule has 0 heterocycles. The van der Waals surface area contributed by atoms with Crippen molar-refractivity contribution in [2.45, 2.75) is 25.4 Å². The van der Waals surface area contributed by atoms with E-state index in [4.69, 9.17) is 4.74 Å². The van der Waals surface area contributed by atoms with E-state index in [9.17, 15) is 9.90 Å². The lowest BCUT2D eigenvalue weighted by molar-refractivity contribution is -0.131. The highest BCUT2D eigenvalue weighted by molar-refractivity contribution is 5.96. The lowest BCUT2D eigenvalue weighted by atomic mass is 10.0. The SMILES string of the molecule is C=CC(=O)C(C)(CO)Oc1ccc(CCc2ccc(N(c3ccccc3)c3ccccc3)cc2)cc1. The quantitative estimate of drug-likeness (QED) is 0.241. The smallest absolute Gasteiger partial charge is 0.200 e. The fourth-order valence-electron chi connectivity index (χ4n) is 4.06. The number of aliphatic hydroxyl groups is 1. The fraction of sp³-hybridized carbons (Fsp3) is 0.156. The molecule has 0 aliphatic heterocycles. The van der Waals surface area contributed by atoms with Crippen molar-refractivity contribution in [1.82, 2.24) is 0 Å². The lowest BCUT2D eigenvalue weighted by Crippen LogP contribution is -2.44. The highest BCUT2D eigenvalue weighted by atomic mass is 16.5. The highest BCUT2D eigenvalue weighted by Crippen LogP contribution is 2.34. The molecule has 4 aromatic carbocycles. The summed E-state index contributed by atoms with van der Waals surface area (Å²) in [6.07, 6.45) is 2.96. The summed E-state index contributed by atoms with van der Waals surface area (Å²) in [6.45, 7) is 4.63. The van der Waals surface area contributed by atoms with Gasteiger partial charge in [0.2, 0.25) is 5.78 Å². The van der Waals surface area contributed by atoms with E-state index in [0.29, 0.717) is 5.75 Å². The van der Waals surface area contributed by atoms with Gasteiger partial charge in [-0.05, 0) is 85.5 Å². The first kappa shape index (κ1) is 25.0. The van der Waals surface area contributed by atoms with Gasteiger partial charge < -0.3 is 14.7 Å². The van der Waals surface area contributed by atoms with Gasteiger partial charge in [-0.25, -0.2) is 0 Å². The van der Waals surface area contributed by atoms with Gasteiger partial charge in [0, 0.05) is 17.1 Å². The number of hydrogen-bond donors (Lipinski definition) is 1. The van der Waals surface area contributed by atoms with Crippen LogP contribution in [-0.4, -0.2) is 23.1 Å². The molecular weight excluding hydrogens is 446 g/mol. The van der Waals surface area contributed by atoms with Gasteiger partial charge >= 0.3 is 0 Å². The van der Waals surface area contributed by atoms with E-state index in [-0.39, 0.29) is 5.78 Å². The number of para-hydroxylation sites is 2. The number of carbonyl (C=O) groups is 1. The molecule has 4 nitrogen and oxygen atoms in total. The Morgan fingerprint density at radius 1 is 0.778 bits per heavy atom. The molecule has 0 amide bonds. The molecule has 0 spiro atoms. The maximum Gasteiger partial charge on any atom is 0.200 e. The van der Waals surface area contributed by atoms with Crippen molar-refractivity contribution in [3.8, 4) is 5.75 Å². The van der Waals surface area contributed by atoms with Gasteiger partial charge in [0.25, 0.3) is 0 Å². The van der Waals surface area contributed by atoms with Crippen molar-refractivity contribution in [2.75, 3.05) is 11.5 Å². The lowest BCUT2D eigenvalue weighted by Gasteiger charge is -2.26. The second-order valence-electron chi connectivity index (χ2n) is 8.88. The molecule has 0 saturated carbocycles. The molecule has 0 fully saturated rings. The number of carbonyl (C=O) groups excluding carboxylic acids is 1. The zero-order valence-corrected chi connectivity index (χ0v) is 20.5. The second kappa shape index (κ2) is 11.5. The Kier molecular flexibility index (Phi) is 7.99. The Morgan fingerprint density at radius 3 is 1.67 bits per heavy atom. The molecule has 1 unspecified atom stereocenters. The van der Waals surface area contributed by atoms with Crippen molar-refractivity contribution in [3.05, 3.63) is 133 Å². The Morgan fingerprint density at radius 2 is 1.22 bits per heavy atom. The van der Waals surface area contributed by atoms with Crippen LogP contribution in [0.25, 0.3) is 0 Å². The molecule has 0 bridgehead atoms. The summed E-state index contributed by atoms with van der Waals surface area (Å²) < 4.78 is 5.75. The van der Waals surface area contributed by atoms with Crippen LogP contribution in [0, 0.1) is 0 Å². The van der Waals surface area contributed by atoms with E-state index in [1.54, 1.807) is 6.92 Å². The highest BCUT2D eigenvalue weighted by Gasteiger charge is 2.32. The van der Waals surface area contributed by atoms with Gasteiger partial charge in [-0.2, -0.15) is 0 Å². The summed E-state index contributed by atoms with van der Waals surface area (Å²) in [6, 6.07) is 37.1. The number of ether oxygens (including phenoxy) is 1. The molecule has 0 aliphatic rings. The Balaban J connectivity index is 1.43. The van der Waals surface area contributed by atoms with Crippen LogP contribution in [0.1, 0.15) is 18.1 Å². The predicted molar refractivity (Wildman–Crippen MR) is 146 cm³/mol. The largest absolute Gasteiger partial charge is 0.477 e. The van der Waals surface area contributed by atoms with Crippen LogP contribution >= 0.6 is 0 Å². The molecule has 0 aliphatic carbocycles. The predicted octanol–water partition coefficient (Wildman–Crippen LogP) is 6.83. The van der Waals surface area contributed by atoms with Gasteiger partial charge in [0.15, 0.2) is 5.60 Å². The molecule has 4 heteroatoms. The summed E-state index contributed by atoms with van der Waals surface area (Å²) in [5, 5.41) is 9.60. The molecule has 1 N–H and O–H groups in total. The van der Waals surface area contributed by atoms with E-state index in [0.717, 1.165) is 29.9 Å². The third-order valence-electron chi connectivity index (χ3n) is 6.20. The van der Waals surface area contributed by atoms with E-state index in [1.165, 1.54) is 17.2 Å². The minimum atomic E-state index is -1.32. The second-order valence-corrected chi connectivity index (χ2v) is 8.88. The first-order valence-electron chi connectivity index (χ1n) is 12.1. The molecular formula is C32H31NO3. The van der Waals surface area contributed by atoms with E-state index in [2.05, 4.69) is 84.3 Å². The van der Waals surface area contributed by atoms with Gasteiger partial charge in [-0.15, -0.1) is 0 Å². The first-order valence-corrected chi connectivity index (χ1v) is 12.1. The van der Waals surface area contributed by atoms with Crippen LogP contribution in [0.15, 0.2) is 122 Å². The third-order valence-corrected chi connectivity index (χ3v) is 6.20. The number of aryl methyl sites for hydroxylation is 2. The maximum absolute atomic E-state index is 12.0. The van der Waals surface area contributed by atoms with E-state index < -0.39 is 12.2 Å². The minimum Gasteiger partial charge on any atom is -0.477 e. The Hall–Kier alpha value is -4.15. The number of anilines is 3. The van der Waals surface area contributed by atoms with Gasteiger partial charge in [-0.1, -0.05) is 67.2 Å². The minimum absolute atomic E-state index is 0.351. The number of ketones is 1. The number of nitrogens with zero attached hydrogens (tertiary/aromatic N) is 1. The van der Waals surface area contributed by atoms with Gasteiger partial charge in [0.1, 0.15) is 5.75 Å². The molecule has 0 aromatic heterocycles. The molecule has 0 saturated heterocycles. The summed E-state index contributed by atoms with van der Waals surface area (Å²) in [5.74, 6) is 0.187. The number of rotatable bonds is 11. The molecule has 36 heavy (non-hydrogen) atoms. The average Bonchev–Trinajstić information content (AvgIpc) is 2.94. The maximum atomic E-state index is 12.0. The zero-order valence-electron chi connectivity index (χ0n) is 20.5. The molecule has 4 rings (SSSR count). The monoisotopic (exact) mass is 477 g/mol. The molecule has 4 aromatic rings. The van der Waals surface area contributed by atoms with Crippen LogP contribution in [-0.2, 0) is 17.6 Å². The first-order chi connectivity index (χ1) is 17.5. The summed E-state index contributed by atoms with van der Waals surface area (Å²) in [4.78, 5) is 14.3. The Bertz CT molecular complexity index is 1230. The van der Waals surface area contributed by atoms with Crippen LogP contribution in [0.4, 0.5) is 17.1 Å². The number of hydrogen-bond acceptors (Lipinski definition) is 4. The van der Waals surface area contributed by atoms with Crippen molar-refractivity contribution >= 4 is 22.8 Å². The molecule has 182 valence electrons. The standard InChI is InChI=1S/C32H31NO3/c1-3-31(35)32(2,24-34)36-30-22-18-26(19-23-30)15-14-25-16-20-29(21-17-25)33(27-10-6-4-7-11-27)28-12-8-5-9-13-28/h3-13,16-23,34H,1,14-15,24H2,2H3. The van der Waals surface area contributed by atoms with Crippen LogP contribution in [0.5, 0.6) is 5.75 Å². The van der Waals surface area contributed by atoms with Gasteiger partial charge in [0.05, 0.1) is 6.61 Å². The van der Waals surface area contributed by atoms with E-state index >= 15 is 0 Å². The van der Waals surface area contributed by atoms with Gasteiger partial charge in [-0.3, -0.25) is 4.79 Å². The fourth-order valence-corrected chi connectivity index (χ4v) is 4.06. The van der Waals surface area contributed by atoms with E-state index in [1.807, 2.05) is 36.4 Å². The molecule has 0 radical (unpaired) electrons. The van der Waals surface area contributed by atoms with Crippen LogP contribution < -0.4 is 9.64 Å². The third kappa shape index (κ3) is 5.91. The summed E-state index contributed by atoms with van der Waals surface area (Å²) in [7, 11) is 0.